The number of unbranched alkanes of at least 4 members (excludes halogenated alkanes) is 1. The molecule has 1 nitrogen and oxygen atoms in total. The highest BCUT2D eigenvalue weighted by Gasteiger charge is 2.22. The molecule has 0 amide bonds. The molecule has 0 spiro atoms. The van der Waals surface area contributed by atoms with Gasteiger partial charge in [0, 0.05) is 10.4 Å². The average Bonchev–Trinajstić information content (AvgIpc) is 2.61. The Morgan fingerprint density at radius 3 is 2.17 bits per heavy atom. The lowest BCUT2D eigenvalue weighted by Crippen LogP contribution is -2.24. The third-order valence-corrected chi connectivity index (χ3v) is 5.34. The molecule has 0 N–H and O–H groups in total. The van der Waals surface area contributed by atoms with E-state index in [4.69, 9.17) is 4.74 Å². The Morgan fingerprint density at radius 2 is 1.61 bits per heavy atom. The lowest BCUT2D eigenvalue weighted by Gasteiger charge is -2.29. The van der Waals surface area contributed by atoms with E-state index in [1.165, 1.54) is 48.8 Å². The number of hydrogen-bond acceptors (Lipinski definition) is 1. The van der Waals surface area contributed by atoms with E-state index < -0.39 is 0 Å². The highest BCUT2D eigenvalue weighted by atomic mass is 79.9. The Bertz CT molecular complexity index is 595. The minimum atomic E-state index is 0.494. The number of benzene rings is 2. The van der Waals surface area contributed by atoms with Crippen LogP contribution < -0.4 is 0 Å². The molecule has 0 radical (unpaired) electrons. The molecular formula is C21H25BrO. The molecule has 1 saturated heterocycles. The fraction of sp³-hybridized carbons (Fsp3) is 0.429. The van der Waals surface area contributed by atoms with Crippen LogP contribution in [0.4, 0.5) is 0 Å². The fourth-order valence-electron chi connectivity index (χ4n) is 3.32. The number of halogens is 1. The first-order valence-corrected chi connectivity index (χ1v) is 9.53. The highest BCUT2D eigenvalue weighted by molar-refractivity contribution is 9.10. The summed E-state index contributed by atoms with van der Waals surface area (Å²) in [6, 6.07) is 17.5. The second-order valence-corrected chi connectivity index (χ2v) is 7.42. The molecule has 2 aromatic rings. The van der Waals surface area contributed by atoms with Gasteiger partial charge in [0.05, 0.1) is 12.7 Å². The number of rotatable bonds is 5. The summed E-state index contributed by atoms with van der Waals surface area (Å²) in [4.78, 5) is 0. The van der Waals surface area contributed by atoms with E-state index in [-0.39, 0.29) is 0 Å². The van der Waals surface area contributed by atoms with Gasteiger partial charge in [-0.25, -0.2) is 0 Å². The van der Waals surface area contributed by atoms with Crippen LogP contribution in [0, 0.1) is 0 Å². The Hall–Kier alpha value is -1.12. The van der Waals surface area contributed by atoms with Gasteiger partial charge in [-0.3, -0.25) is 0 Å². The van der Waals surface area contributed by atoms with Gasteiger partial charge in [0.1, 0.15) is 0 Å². The van der Waals surface area contributed by atoms with Crippen LogP contribution in [0.2, 0.25) is 0 Å². The normalized spacial score (nSPS) is 21.3. The van der Waals surface area contributed by atoms with Crippen LogP contribution >= 0.6 is 15.9 Å². The molecule has 2 unspecified atom stereocenters. The molecule has 0 bridgehead atoms. The molecule has 2 atom stereocenters. The van der Waals surface area contributed by atoms with Crippen molar-refractivity contribution in [1.82, 2.24) is 0 Å². The van der Waals surface area contributed by atoms with Crippen molar-refractivity contribution in [2.75, 3.05) is 6.61 Å². The van der Waals surface area contributed by atoms with E-state index in [1.807, 2.05) is 0 Å². The Kier molecular flexibility index (Phi) is 5.91. The topological polar surface area (TPSA) is 9.23 Å². The summed E-state index contributed by atoms with van der Waals surface area (Å²) < 4.78 is 7.19. The Labute approximate surface area is 148 Å². The van der Waals surface area contributed by atoms with Crippen molar-refractivity contribution in [3.05, 3.63) is 58.6 Å². The Morgan fingerprint density at radius 1 is 0.957 bits per heavy atom. The van der Waals surface area contributed by atoms with Crippen molar-refractivity contribution in [1.29, 1.82) is 0 Å². The molecule has 1 heterocycles. The summed E-state index contributed by atoms with van der Waals surface area (Å²) in [6.45, 7) is 3.13. The molecule has 1 aliphatic heterocycles. The van der Waals surface area contributed by atoms with Gasteiger partial charge >= 0.3 is 0 Å². The molecule has 2 heteroatoms. The lowest BCUT2D eigenvalue weighted by molar-refractivity contribution is -0.00189. The second-order valence-electron chi connectivity index (χ2n) is 6.50. The number of ether oxygens (including phenoxy) is 1. The monoisotopic (exact) mass is 372 g/mol. The van der Waals surface area contributed by atoms with Gasteiger partial charge in [-0.2, -0.15) is 0 Å². The number of hydrogen-bond donors (Lipinski definition) is 0. The van der Waals surface area contributed by atoms with Crippen molar-refractivity contribution >= 4 is 15.9 Å². The molecule has 0 aliphatic carbocycles. The van der Waals surface area contributed by atoms with Crippen LogP contribution in [-0.2, 0) is 4.74 Å². The van der Waals surface area contributed by atoms with Crippen molar-refractivity contribution in [2.45, 2.75) is 51.0 Å². The van der Waals surface area contributed by atoms with E-state index >= 15 is 0 Å². The zero-order chi connectivity index (χ0) is 16.1. The zero-order valence-corrected chi connectivity index (χ0v) is 15.4. The van der Waals surface area contributed by atoms with Gasteiger partial charge in [-0.15, -0.1) is 0 Å². The fourth-order valence-corrected chi connectivity index (χ4v) is 3.58. The molecular weight excluding hydrogens is 348 g/mol. The third kappa shape index (κ3) is 4.45. The van der Waals surface area contributed by atoms with Crippen molar-refractivity contribution in [3.63, 3.8) is 0 Å². The quantitative estimate of drug-likeness (QED) is 0.576. The lowest BCUT2D eigenvalue weighted by atomic mass is 9.89. The predicted octanol–water partition coefficient (Wildman–Crippen LogP) is 6.57. The van der Waals surface area contributed by atoms with E-state index in [1.54, 1.807) is 0 Å². The molecule has 0 aromatic heterocycles. The van der Waals surface area contributed by atoms with Gasteiger partial charge < -0.3 is 4.74 Å². The van der Waals surface area contributed by atoms with Crippen LogP contribution in [0.1, 0.15) is 50.5 Å². The maximum Gasteiger partial charge on any atom is 0.0575 e. The summed E-state index contributed by atoms with van der Waals surface area (Å²) in [6.07, 6.45) is 6.74. The first-order valence-electron chi connectivity index (χ1n) is 8.73. The van der Waals surface area contributed by atoms with Gasteiger partial charge in [-0.05, 0) is 48.1 Å². The van der Waals surface area contributed by atoms with Crippen molar-refractivity contribution in [2.24, 2.45) is 0 Å². The summed E-state index contributed by atoms with van der Waals surface area (Å²) in [5.41, 5.74) is 3.96. The van der Waals surface area contributed by atoms with Crippen LogP contribution in [0.5, 0.6) is 0 Å². The molecule has 3 rings (SSSR count). The predicted molar refractivity (Wildman–Crippen MR) is 101 cm³/mol. The average molecular weight is 373 g/mol. The first-order chi connectivity index (χ1) is 11.3. The Balaban J connectivity index is 1.61. The third-order valence-electron chi connectivity index (χ3n) is 4.81. The molecule has 1 fully saturated rings. The first kappa shape index (κ1) is 16.7. The molecule has 0 saturated carbocycles. The minimum absolute atomic E-state index is 0.494. The SMILES string of the molecule is CCCCC1CCC(c2ccc(-c3ccc(Br)cc3)cc2)CO1. The van der Waals surface area contributed by atoms with Crippen molar-refractivity contribution < 1.29 is 4.74 Å². The largest absolute Gasteiger partial charge is 0.378 e. The van der Waals surface area contributed by atoms with Crippen LogP contribution in [-0.4, -0.2) is 12.7 Å². The highest BCUT2D eigenvalue weighted by Crippen LogP contribution is 2.31. The van der Waals surface area contributed by atoms with E-state index in [9.17, 15) is 0 Å². The van der Waals surface area contributed by atoms with Gasteiger partial charge in [0.15, 0.2) is 0 Å². The van der Waals surface area contributed by atoms with E-state index in [0.29, 0.717) is 12.0 Å². The maximum absolute atomic E-state index is 6.07. The van der Waals surface area contributed by atoms with Gasteiger partial charge in [0.2, 0.25) is 0 Å². The summed E-state index contributed by atoms with van der Waals surface area (Å²) >= 11 is 3.49. The van der Waals surface area contributed by atoms with E-state index in [0.717, 1.165) is 11.1 Å². The van der Waals surface area contributed by atoms with E-state index in [2.05, 4.69) is 71.4 Å². The molecule has 122 valence electrons. The van der Waals surface area contributed by atoms with Crippen LogP contribution in [0.3, 0.4) is 0 Å². The minimum Gasteiger partial charge on any atom is -0.378 e. The summed E-state index contributed by atoms with van der Waals surface area (Å²) in [5, 5.41) is 0. The van der Waals surface area contributed by atoms with Gasteiger partial charge in [0.25, 0.3) is 0 Å². The molecule has 2 aromatic carbocycles. The smallest absolute Gasteiger partial charge is 0.0575 e. The molecule has 1 aliphatic rings. The van der Waals surface area contributed by atoms with Gasteiger partial charge in [-0.1, -0.05) is 72.1 Å². The summed E-state index contributed by atoms with van der Waals surface area (Å²) in [7, 11) is 0. The second kappa shape index (κ2) is 8.12. The molecule has 23 heavy (non-hydrogen) atoms. The summed E-state index contributed by atoms with van der Waals surface area (Å²) in [5.74, 6) is 0.562. The van der Waals surface area contributed by atoms with Crippen LogP contribution in [0.15, 0.2) is 53.0 Å². The zero-order valence-electron chi connectivity index (χ0n) is 13.8. The van der Waals surface area contributed by atoms with Crippen molar-refractivity contribution in [3.8, 4) is 11.1 Å². The standard InChI is InChI=1S/C21H25BrO/c1-2-3-4-21-14-11-19(15-23-21)18-7-5-16(6-8-18)17-9-12-20(22)13-10-17/h5-10,12-13,19,21H,2-4,11,14-15H2,1H3. The maximum atomic E-state index is 6.07. The van der Waals surface area contributed by atoms with Crippen LogP contribution in [0.25, 0.3) is 11.1 Å².